The van der Waals surface area contributed by atoms with Crippen LogP contribution in [0.15, 0.2) is 53.5 Å². The molecule has 5 rings (SSSR count). The van der Waals surface area contributed by atoms with E-state index in [1.54, 1.807) is 24.5 Å². The molecule has 3 heterocycles. The maximum Gasteiger partial charge on any atom is 0.251 e. The summed E-state index contributed by atoms with van der Waals surface area (Å²) in [6, 6.07) is 9.69. The number of amides is 1. The van der Waals surface area contributed by atoms with Gasteiger partial charge in [0.05, 0.1) is 12.3 Å². The molecule has 3 aromatic rings. The van der Waals surface area contributed by atoms with E-state index in [-0.39, 0.29) is 18.5 Å². The Hall–Kier alpha value is -3.43. The Morgan fingerprint density at radius 2 is 2.18 bits per heavy atom. The molecule has 1 fully saturated rings. The van der Waals surface area contributed by atoms with Crippen molar-refractivity contribution < 1.29 is 19.1 Å². The van der Waals surface area contributed by atoms with Gasteiger partial charge in [-0.25, -0.2) is 9.97 Å². The molecule has 1 aliphatic heterocycles. The molecule has 2 atom stereocenters. The minimum absolute atomic E-state index is 0.151. The fourth-order valence-electron chi connectivity index (χ4n) is 4.20. The number of benzene rings is 1. The third kappa shape index (κ3) is 5.37. The molecular weight excluding hydrogens is 434 g/mol. The zero-order valence-corrected chi connectivity index (χ0v) is 18.9. The molecule has 4 N–H and O–H groups in total. The van der Waals surface area contributed by atoms with E-state index >= 15 is 0 Å². The van der Waals surface area contributed by atoms with Gasteiger partial charge in [0.1, 0.15) is 18.2 Å². The number of carbonyl (C=O) groups excluding carboxylic acids is 1. The van der Waals surface area contributed by atoms with Crippen molar-refractivity contribution in [1.29, 1.82) is 0 Å². The third-order valence-corrected chi connectivity index (χ3v) is 6.45. The van der Waals surface area contributed by atoms with Crippen LogP contribution in [0.5, 0.6) is 5.75 Å². The van der Waals surface area contributed by atoms with Crippen molar-refractivity contribution in [2.45, 2.75) is 57.0 Å². The summed E-state index contributed by atoms with van der Waals surface area (Å²) in [4.78, 5) is 20.8. The van der Waals surface area contributed by atoms with Gasteiger partial charge < -0.3 is 30.2 Å². The number of anilines is 1. The van der Waals surface area contributed by atoms with Crippen LogP contribution >= 0.6 is 0 Å². The van der Waals surface area contributed by atoms with Crippen LogP contribution in [0.4, 0.5) is 5.82 Å². The first-order chi connectivity index (χ1) is 16.6. The largest absolute Gasteiger partial charge is 0.486 e. The Balaban J connectivity index is 1.11. The van der Waals surface area contributed by atoms with Gasteiger partial charge in [0.25, 0.3) is 5.91 Å². The summed E-state index contributed by atoms with van der Waals surface area (Å²) in [6.07, 6.45) is 8.10. The summed E-state index contributed by atoms with van der Waals surface area (Å²) in [6.45, 7) is 1.10. The summed E-state index contributed by atoms with van der Waals surface area (Å²) < 4.78 is 11.0. The Morgan fingerprint density at radius 3 is 2.97 bits per heavy atom. The van der Waals surface area contributed by atoms with Crippen LogP contribution in [0.1, 0.15) is 46.5 Å². The summed E-state index contributed by atoms with van der Waals surface area (Å²) in [7, 11) is 0. The summed E-state index contributed by atoms with van der Waals surface area (Å²) in [5.41, 5.74) is 2.82. The molecule has 0 radical (unpaired) electrons. The summed E-state index contributed by atoms with van der Waals surface area (Å²) in [5, 5.41) is 20.3. The van der Waals surface area contributed by atoms with Gasteiger partial charge in [-0.1, -0.05) is 6.07 Å². The highest BCUT2D eigenvalue weighted by Crippen LogP contribution is 2.24. The van der Waals surface area contributed by atoms with Crippen LogP contribution in [0.3, 0.4) is 0 Å². The molecule has 34 heavy (non-hydrogen) atoms. The minimum Gasteiger partial charge on any atom is -0.486 e. The number of nitrogens with one attached hydrogen (secondary N) is 3. The SMILES string of the molecule is O=C(NCC(O)C1Cc2ccc(OCc3cnco3)cc2CN1)c1ccnc(NC2CCC2)c1. The van der Waals surface area contributed by atoms with Crippen molar-refractivity contribution in [3.63, 3.8) is 0 Å². The van der Waals surface area contributed by atoms with E-state index in [1.165, 1.54) is 12.8 Å². The van der Waals surface area contributed by atoms with Crippen LogP contribution in [-0.4, -0.2) is 45.7 Å². The van der Waals surface area contributed by atoms with Crippen molar-refractivity contribution in [1.82, 2.24) is 20.6 Å². The van der Waals surface area contributed by atoms with Gasteiger partial charge in [-0.05, 0) is 61.1 Å². The normalized spacial score (nSPS) is 18.4. The smallest absolute Gasteiger partial charge is 0.251 e. The standard InChI is InChI=1S/C25H29N5O4/c31-23(13-29-25(32)17-6-7-27-24(10-17)30-19-2-1-3-19)22-9-16-4-5-20(8-18(16)11-28-22)33-14-21-12-26-15-34-21/h4-8,10,12,15,19,22-23,28,31H,1-3,9,11,13-14H2,(H,27,30)(H,29,32). The number of pyridine rings is 1. The number of aliphatic hydroxyl groups is 1. The Kier molecular flexibility index (Phi) is 6.73. The van der Waals surface area contributed by atoms with Crippen molar-refractivity contribution >= 4 is 11.7 Å². The maximum atomic E-state index is 12.6. The monoisotopic (exact) mass is 463 g/mol. The highest BCUT2D eigenvalue weighted by Gasteiger charge is 2.25. The van der Waals surface area contributed by atoms with E-state index in [0.29, 0.717) is 42.8 Å². The molecule has 2 aromatic heterocycles. The highest BCUT2D eigenvalue weighted by molar-refractivity contribution is 5.94. The number of ether oxygens (including phenoxy) is 1. The number of oxazole rings is 1. The van der Waals surface area contributed by atoms with E-state index < -0.39 is 6.10 Å². The Morgan fingerprint density at radius 1 is 1.26 bits per heavy atom. The number of carbonyl (C=O) groups is 1. The van der Waals surface area contributed by atoms with E-state index in [2.05, 4.69) is 25.9 Å². The van der Waals surface area contributed by atoms with E-state index in [1.807, 2.05) is 18.2 Å². The first-order valence-corrected chi connectivity index (χ1v) is 11.7. The fraction of sp³-hybridized carbons (Fsp3) is 0.400. The average molecular weight is 464 g/mol. The van der Waals surface area contributed by atoms with Gasteiger partial charge in [0, 0.05) is 36.9 Å². The quantitative estimate of drug-likeness (QED) is 0.382. The molecular formula is C25H29N5O4. The number of hydrogen-bond acceptors (Lipinski definition) is 8. The first-order valence-electron chi connectivity index (χ1n) is 11.7. The van der Waals surface area contributed by atoms with E-state index in [9.17, 15) is 9.90 Å². The van der Waals surface area contributed by atoms with Crippen LogP contribution in [0.25, 0.3) is 0 Å². The molecule has 0 spiro atoms. The van der Waals surface area contributed by atoms with Gasteiger partial charge in [0.15, 0.2) is 12.2 Å². The lowest BCUT2D eigenvalue weighted by Crippen LogP contribution is -2.49. The maximum absolute atomic E-state index is 12.6. The molecule has 9 heteroatoms. The van der Waals surface area contributed by atoms with Crippen LogP contribution in [-0.2, 0) is 19.6 Å². The van der Waals surface area contributed by atoms with E-state index in [4.69, 9.17) is 9.15 Å². The topological polar surface area (TPSA) is 122 Å². The Labute approximate surface area is 198 Å². The second-order valence-electron chi connectivity index (χ2n) is 8.86. The predicted octanol–water partition coefficient (Wildman–Crippen LogP) is 2.42. The molecule has 9 nitrogen and oxygen atoms in total. The first kappa shape index (κ1) is 22.4. The third-order valence-electron chi connectivity index (χ3n) is 6.45. The van der Waals surface area contributed by atoms with Crippen LogP contribution in [0, 0.1) is 0 Å². The van der Waals surface area contributed by atoms with Crippen molar-refractivity contribution in [2.75, 3.05) is 11.9 Å². The molecule has 178 valence electrons. The minimum atomic E-state index is -0.714. The number of hydrogen-bond donors (Lipinski definition) is 4. The molecule has 0 saturated heterocycles. The van der Waals surface area contributed by atoms with Crippen LogP contribution in [0.2, 0.25) is 0 Å². The van der Waals surface area contributed by atoms with Gasteiger partial charge in [-0.3, -0.25) is 4.79 Å². The summed E-state index contributed by atoms with van der Waals surface area (Å²) >= 11 is 0. The average Bonchev–Trinajstić information content (AvgIpc) is 3.37. The number of aromatic nitrogens is 2. The summed E-state index contributed by atoms with van der Waals surface area (Å²) in [5.74, 6) is 1.92. The lowest BCUT2D eigenvalue weighted by atomic mass is 9.92. The van der Waals surface area contributed by atoms with Crippen LogP contribution < -0.4 is 20.7 Å². The van der Waals surface area contributed by atoms with Gasteiger partial charge >= 0.3 is 0 Å². The zero-order chi connectivity index (χ0) is 23.3. The van der Waals surface area contributed by atoms with Gasteiger partial charge in [-0.15, -0.1) is 0 Å². The number of aliphatic hydroxyl groups excluding tert-OH is 1. The van der Waals surface area contributed by atoms with Gasteiger partial charge in [-0.2, -0.15) is 0 Å². The predicted molar refractivity (Wildman–Crippen MR) is 125 cm³/mol. The number of nitrogens with zero attached hydrogens (tertiary/aromatic N) is 2. The molecule has 2 aliphatic rings. The molecule has 1 amide bonds. The zero-order valence-electron chi connectivity index (χ0n) is 18.9. The van der Waals surface area contributed by atoms with Crippen molar-refractivity contribution in [3.8, 4) is 5.75 Å². The van der Waals surface area contributed by atoms with Gasteiger partial charge in [0.2, 0.25) is 0 Å². The second kappa shape index (κ2) is 10.2. The highest BCUT2D eigenvalue weighted by atomic mass is 16.5. The van der Waals surface area contributed by atoms with Crippen molar-refractivity contribution in [3.05, 3.63) is 71.6 Å². The lowest BCUT2D eigenvalue weighted by Gasteiger charge is -2.30. The number of rotatable bonds is 9. The van der Waals surface area contributed by atoms with E-state index in [0.717, 1.165) is 29.7 Å². The second-order valence-corrected chi connectivity index (χ2v) is 8.86. The fourth-order valence-corrected chi connectivity index (χ4v) is 4.20. The Bertz CT molecular complexity index is 1120. The molecule has 1 saturated carbocycles. The molecule has 2 unspecified atom stereocenters. The lowest BCUT2D eigenvalue weighted by molar-refractivity contribution is 0.0870. The molecule has 1 aliphatic carbocycles. The number of fused-ring (bicyclic) bond motifs is 1. The molecule has 0 bridgehead atoms. The van der Waals surface area contributed by atoms with Crippen molar-refractivity contribution in [2.24, 2.45) is 0 Å². The molecule has 1 aromatic carbocycles.